The smallest absolute Gasteiger partial charge is 0.138 e. The van der Waals surface area contributed by atoms with Gasteiger partial charge >= 0.3 is 0 Å². The third-order valence-electron chi connectivity index (χ3n) is 13.4. The number of hydrogen-bond donors (Lipinski definition) is 1. The van der Waals surface area contributed by atoms with Crippen LogP contribution in [0, 0.1) is 0 Å². The molecule has 0 unspecified atom stereocenters. The van der Waals surface area contributed by atoms with Crippen LogP contribution in [0.25, 0.3) is 105 Å². The molecule has 5 heterocycles. The third kappa shape index (κ3) is 6.86. The molecule has 0 saturated carbocycles. The molecule has 0 aliphatic rings. The van der Waals surface area contributed by atoms with Crippen molar-refractivity contribution in [1.82, 2.24) is 23.7 Å². The summed E-state index contributed by atoms with van der Waals surface area (Å²) in [5.41, 5.74) is 22.4. The van der Waals surface area contributed by atoms with Gasteiger partial charge in [-0.3, -0.25) is 9.55 Å². The molecule has 0 aliphatic heterocycles. The zero-order chi connectivity index (χ0) is 45.8. The SMILES string of the molecule is NC(=N/C(=C\Cn1c2ccccc2c2cc(-c3ccc4c(c3)c3ccccc3n4-c3cccc(-c4ccc5c(c4)c4ncccc4n5-c4ccccc4)n3)ccc21)c1ccccc1)c1ccccc1. The number of aromatic nitrogens is 5. The summed E-state index contributed by atoms with van der Waals surface area (Å²) in [6, 6.07) is 78.8. The number of rotatable bonds is 9. The van der Waals surface area contributed by atoms with Gasteiger partial charge in [-0.2, -0.15) is 0 Å². The van der Waals surface area contributed by atoms with Crippen molar-refractivity contribution in [3.05, 3.63) is 248 Å². The zero-order valence-corrected chi connectivity index (χ0v) is 37.5. The topological polar surface area (TPSA) is 79.0 Å². The highest BCUT2D eigenvalue weighted by Gasteiger charge is 2.18. The first-order valence-corrected chi connectivity index (χ1v) is 23.3. The van der Waals surface area contributed by atoms with Crippen molar-refractivity contribution in [2.24, 2.45) is 10.7 Å². The Kier molecular flexibility index (Phi) is 9.58. The lowest BCUT2D eigenvalue weighted by molar-refractivity contribution is 0.899. The summed E-state index contributed by atoms with van der Waals surface area (Å²) in [4.78, 5) is 15.2. The molecule has 326 valence electrons. The van der Waals surface area contributed by atoms with Crippen LogP contribution < -0.4 is 5.73 Å². The van der Waals surface area contributed by atoms with Crippen LogP contribution in [-0.2, 0) is 6.54 Å². The summed E-state index contributed by atoms with van der Waals surface area (Å²) in [7, 11) is 0. The van der Waals surface area contributed by atoms with Gasteiger partial charge in [0.25, 0.3) is 0 Å². The third-order valence-corrected chi connectivity index (χ3v) is 13.4. The number of aliphatic imine (C=N–C) groups is 1. The number of pyridine rings is 2. The molecule has 0 saturated heterocycles. The highest BCUT2D eigenvalue weighted by molar-refractivity contribution is 6.13. The molecule has 0 amide bonds. The number of nitrogens with two attached hydrogens (primary N) is 1. The molecule has 69 heavy (non-hydrogen) atoms. The Morgan fingerprint density at radius 3 is 1.75 bits per heavy atom. The summed E-state index contributed by atoms with van der Waals surface area (Å²) in [5.74, 6) is 1.35. The van der Waals surface area contributed by atoms with Gasteiger partial charge in [0, 0.05) is 67.5 Å². The van der Waals surface area contributed by atoms with Crippen LogP contribution in [0.4, 0.5) is 0 Å². The van der Waals surface area contributed by atoms with Crippen molar-refractivity contribution >= 4 is 77.1 Å². The number of hydrogen-bond acceptors (Lipinski definition) is 3. The van der Waals surface area contributed by atoms with E-state index in [1.54, 1.807) is 0 Å². The second-order valence-electron chi connectivity index (χ2n) is 17.4. The van der Waals surface area contributed by atoms with Gasteiger partial charge in [-0.1, -0.05) is 140 Å². The van der Waals surface area contributed by atoms with E-state index in [1.165, 1.54) is 21.5 Å². The lowest BCUT2D eigenvalue weighted by Crippen LogP contribution is -2.13. The summed E-state index contributed by atoms with van der Waals surface area (Å²) < 4.78 is 6.96. The van der Waals surface area contributed by atoms with Gasteiger partial charge in [0.2, 0.25) is 0 Å². The molecule has 0 fully saturated rings. The monoisotopic (exact) mass is 885 g/mol. The first kappa shape index (κ1) is 40.0. The predicted octanol–water partition coefficient (Wildman–Crippen LogP) is 14.6. The first-order valence-electron chi connectivity index (χ1n) is 23.3. The van der Waals surface area contributed by atoms with Crippen molar-refractivity contribution in [1.29, 1.82) is 0 Å². The fourth-order valence-corrected chi connectivity index (χ4v) is 10.2. The summed E-state index contributed by atoms with van der Waals surface area (Å²) in [6.07, 6.45) is 4.05. The number of fused-ring (bicyclic) bond motifs is 9. The van der Waals surface area contributed by atoms with Gasteiger partial charge < -0.3 is 14.9 Å². The molecule has 7 heteroatoms. The van der Waals surface area contributed by atoms with Crippen molar-refractivity contribution in [2.75, 3.05) is 0 Å². The van der Waals surface area contributed by atoms with E-state index < -0.39 is 0 Å². The van der Waals surface area contributed by atoms with Crippen molar-refractivity contribution < 1.29 is 0 Å². The van der Waals surface area contributed by atoms with Gasteiger partial charge in [0.15, 0.2) is 0 Å². The minimum Gasteiger partial charge on any atom is -0.383 e. The average molecular weight is 886 g/mol. The van der Waals surface area contributed by atoms with Crippen LogP contribution in [0.15, 0.2) is 242 Å². The van der Waals surface area contributed by atoms with Crippen molar-refractivity contribution in [2.45, 2.75) is 6.54 Å². The van der Waals surface area contributed by atoms with E-state index in [4.69, 9.17) is 20.7 Å². The highest BCUT2D eigenvalue weighted by atomic mass is 15.1. The van der Waals surface area contributed by atoms with Crippen LogP contribution in [0.1, 0.15) is 11.1 Å². The van der Waals surface area contributed by atoms with Gasteiger partial charge in [-0.15, -0.1) is 0 Å². The molecular formula is C62H43N7. The molecule has 7 nitrogen and oxygen atoms in total. The predicted molar refractivity (Wildman–Crippen MR) is 286 cm³/mol. The zero-order valence-electron chi connectivity index (χ0n) is 37.5. The molecular weight excluding hydrogens is 843 g/mol. The summed E-state index contributed by atoms with van der Waals surface area (Å²) in [5, 5.41) is 5.85. The van der Waals surface area contributed by atoms with E-state index >= 15 is 0 Å². The van der Waals surface area contributed by atoms with E-state index in [-0.39, 0.29) is 0 Å². The van der Waals surface area contributed by atoms with Crippen molar-refractivity contribution in [3.63, 3.8) is 0 Å². The molecule has 0 spiro atoms. The van der Waals surface area contributed by atoms with E-state index in [1.807, 2.05) is 66.9 Å². The Balaban J connectivity index is 0.882. The van der Waals surface area contributed by atoms with Crippen LogP contribution in [0.2, 0.25) is 0 Å². The van der Waals surface area contributed by atoms with Gasteiger partial charge in [0.1, 0.15) is 11.7 Å². The minimum atomic E-state index is 0.484. The maximum Gasteiger partial charge on any atom is 0.138 e. The number of amidine groups is 1. The first-order chi connectivity index (χ1) is 34.1. The van der Waals surface area contributed by atoms with Gasteiger partial charge in [-0.05, 0) is 108 Å². The minimum absolute atomic E-state index is 0.484. The summed E-state index contributed by atoms with van der Waals surface area (Å²) >= 11 is 0. The van der Waals surface area contributed by atoms with Crippen LogP contribution in [-0.4, -0.2) is 29.5 Å². The largest absolute Gasteiger partial charge is 0.383 e. The fourth-order valence-electron chi connectivity index (χ4n) is 10.2. The molecule has 13 rings (SSSR count). The Labute approximate surface area is 398 Å². The molecule has 13 aromatic rings. The van der Waals surface area contributed by atoms with Crippen molar-refractivity contribution in [3.8, 4) is 33.9 Å². The average Bonchev–Trinajstić information content (AvgIpc) is 4.05. The summed E-state index contributed by atoms with van der Waals surface area (Å²) in [6.45, 7) is 0.615. The Morgan fingerprint density at radius 1 is 0.449 bits per heavy atom. The second kappa shape index (κ2) is 16.5. The lowest BCUT2D eigenvalue weighted by Gasteiger charge is -2.11. The highest BCUT2D eigenvalue weighted by Crippen LogP contribution is 2.39. The Bertz CT molecular complexity index is 4160. The lowest BCUT2D eigenvalue weighted by atomic mass is 10.0. The number of nitrogens with zero attached hydrogens (tertiary/aromatic N) is 6. The molecule has 0 radical (unpaired) electrons. The van der Waals surface area contributed by atoms with E-state index in [0.717, 1.165) is 94.7 Å². The van der Waals surface area contributed by atoms with E-state index in [9.17, 15) is 0 Å². The molecule has 5 aromatic heterocycles. The van der Waals surface area contributed by atoms with Crippen LogP contribution in [0.5, 0.6) is 0 Å². The molecule has 0 aliphatic carbocycles. The second-order valence-corrected chi connectivity index (χ2v) is 17.4. The van der Waals surface area contributed by atoms with E-state index in [2.05, 4.69) is 184 Å². The number of allylic oxidation sites excluding steroid dienone is 1. The fraction of sp³-hybridized carbons (Fsp3) is 0.0161. The molecule has 8 aromatic carbocycles. The Hall–Kier alpha value is -9.33. The Morgan fingerprint density at radius 2 is 1.00 bits per heavy atom. The van der Waals surface area contributed by atoms with Crippen LogP contribution in [0.3, 0.4) is 0 Å². The molecule has 0 bridgehead atoms. The quantitative estimate of drug-likeness (QED) is 0.116. The number of para-hydroxylation sites is 3. The normalized spacial score (nSPS) is 12.3. The van der Waals surface area contributed by atoms with Crippen LogP contribution >= 0.6 is 0 Å². The number of benzene rings is 8. The maximum atomic E-state index is 6.60. The standard InChI is InChI=1S/C62H43N7/c63-62(42-18-6-2-7-19-42)66-53(41-16-4-1-5-17-41)35-37-67-54-25-12-10-22-47(54)49-38-43(29-32-55(49)67)44-30-33-57-50(39-44)48-23-11-13-26-56(48)69(57)60-28-14-24-52(65-60)45-31-34-58-51(40-45)61-59(27-15-36-64-61)68(58)46-20-8-3-9-21-46/h1-36,38-40H,37H2,(H2,63,66)/b53-35-. The molecule has 2 N–H and O–H groups in total. The van der Waals surface area contributed by atoms with E-state index in [0.29, 0.717) is 12.4 Å². The van der Waals surface area contributed by atoms with Gasteiger partial charge in [0.05, 0.1) is 39.0 Å². The maximum absolute atomic E-state index is 6.60. The van der Waals surface area contributed by atoms with Gasteiger partial charge in [-0.25, -0.2) is 9.98 Å². The molecule has 0 atom stereocenters.